The summed E-state index contributed by atoms with van der Waals surface area (Å²) in [6.07, 6.45) is 3.90. The molecule has 8 heteroatoms. The third-order valence-electron chi connectivity index (χ3n) is 5.83. The van der Waals surface area contributed by atoms with Crippen molar-refractivity contribution >= 4 is 23.2 Å². The highest BCUT2D eigenvalue weighted by Crippen LogP contribution is 2.36. The lowest BCUT2D eigenvalue weighted by Crippen LogP contribution is -2.28. The Bertz CT molecular complexity index is 1160. The molecule has 3 heterocycles. The van der Waals surface area contributed by atoms with Gasteiger partial charge in [-0.25, -0.2) is 4.98 Å². The Kier molecular flexibility index (Phi) is 5.26. The largest absolute Gasteiger partial charge is 0.486 e. The zero-order chi connectivity index (χ0) is 22.1. The number of imidazole rings is 1. The van der Waals surface area contributed by atoms with Gasteiger partial charge in [0.1, 0.15) is 19.0 Å². The number of nitrogens with zero attached hydrogens (tertiary/aromatic N) is 3. The number of hydrogen-bond acceptors (Lipinski definition) is 5. The van der Waals surface area contributed by atoms with E-state index in [0.717, 1.165) is 17.9 Å². The smallest absolute Gasteiger partial charge is 0.229 e. The Morgan fingerprint density at radius 3 is 2.66 bits per heavy atom. The minimum atomic E-state index is -0.413. The predicted molar refractivity (Wildman–Crippen MR) is 119 cm³/mol. The quantitative estimate of drug-likeness (QED) is 0.670. The summed E-state index contributed by atoms with van der Waals surface area (Å²) in [5.74, 6) is 1.61. The van der Waals surface area contributed by atoms with Gasteiger partial charge in [0.15, 0.2) is 11.5 Å². The molecule has 3 aromatic rings. The highest BCUT2D eigenvalue weighted by Gasteiger charge is 2.35. The van der Waals surface area contributed by atoms with Crippen LogP contribution in [0, 0.1) is 12.8 Å². The van der Waals surface area contributed by atoms with Gasteiger partial charge in [-0.05, 0) is 36.8 Å². The molecule has 0 bridgehead atoms. The Morgan fingerprint density at radius 2 is 1.91 bits per heavy atom. The van der Waals surface area contributed by atoms with Crippen molar-refractivity contribution in [3.8, 4) is 11.5 Å². The van der Waals surface area contributed by atoms with Crippen LogP contribution in [0.25, 0.3) is 0 Å². The maximum atomic E-state index is 12.8. The Balaban J connectivity index is 1.22. The summed E-state index contributed by atoms with van der Waals surface area (Å²) in [7, 11) is 0. The van der Waals surface area contributed by atoms with Gasteiger partial charge in [-0.15, -0.1) is 0 Å². The number of nitrogens with one attached hydrogen (secondary N) is 1. The van der Waals surface area contributed by atoms with Crippen molar-refractivity contribution in [2.75, 3.05) is 30.0 Å². The maximum absolute atomic E-state index is 12.8. The van der Waals surface area contributed by atoms with Crippen LogP contribution in [-0.4, -0.2) is 41.1 Å². The Labute approximate surface area is 185 Å². The second-order valence-electron chi connectivity index (χ2n) is 8.02. The van der Waals surface area contributed by atoms with Crippen LogP contribution in [-0.2, 0) is 16.1 Å². The van der Waals surface area contributed by atoms with E-state index < -0.39 is 5.92 Å². The molecule has 1 atom stereocenters. The number of carbonyl (C=O) groups is 2. The number of rotatable bonds is 5. The molecule has 8 nitrogen and oxygen atoms in total. The van der Waals surface area contributed by atoms with E-state index in [1.54, 1.807) is 23.2 Å². The SMILES string of the molecule is Cc1nccn1Cc1ccc(NC(=O)C2CC(=O)N(c3ccc4c(c3)OCCO4)C2)cc1. The van der Waals surface area contributed by atoms with Crippen LogP contribution < -0.4 is 19.7 Å². The molecule has 0 saturated carbocycles. The minimum Gasteiger partial charge on any atom is -0.486 e. The summed E-state index contributed by atoms with van der Waals surface area (Å²) in [4.78, 5) is 31.3. The topological polar surface area (TPSA) is 85.7 Å². The van der Waals surface area contributed by atoms with E-state index in [2.05, 4.69) is 14.9 Å². The molecule has 1 N–H and O–H groups in total. The molecule has 32 heavy (non-hydrogen) atoms. The molecule has 2 amide bonds. The van der Waals surface area contributed by atoms with Gasteiger partial charge in [0, 0.05) is 49.3 Å². The van der Waals surface area contributed by atoms with Crippen LogP contribution in [0.5, 0.6) is 11.5 Å². The second-order valence-corrected chi connectivity index (χ2v) is 8.02. The van der Waals surface area contributed by atoms with Gasteiger partial charge in [-0.3, -0.25) is 9.59 Å². The monoisotopic (exact) mass is 432 g/mol. The molecular formula is C24H24N4O4. The van der Waals surface area contributed by atoms with Gasteiger partial charge >= 0.3 is 0 Å². The number of aryl methyl sites for hydroxylation is 1. The van der Waals surface area contributed by atoms with E-state index in [1.165, 1.54) is 0 Å². The van der Waals surface area contributed by atoms with E-state index in [-0.39, 0.29) is 18.2 Å². The van der Waals surface area contributed by atoms with Crippen LogP contribution in [0.2, 0.25) is 0 Å². The van der Waals surface area contributed by atoms with Gasteiger partial charge in [-0.1, -0.05) is 12.1 Å². The molecule has 2 aliphatic heterocycles. The first-order chi connectivity index (χ1) is 15.6. The molecule has 2 aliphatic rings. The number of ether oxygens (including phenoxy) is 2. The summed E-state index contributed by atoms with van der Waals surface area (Å²) in [6, 6.07) is 13.2. The third kappa shape index (κ3) is 4.03. The van der Waals surface area contributed by atoms with E-state index in [4.69, 9.17) is 9.47 Å². The van der Waals surface area contributed by atoms with E-state index >= 15 is 0 Å². The number of fused-ring (bicyclic) bond motifs is 1. The summed E-state index contributed by atoms with van der Waals surface area (Å²) in [5, 5.41) is 2.94. The normalized spacial score (nSPS) is 17.5. The molecule has 1 saturated heterocycles. The predicted octanol–water partition coefficient (Wildman–Crippen LogP) is 3.00. The van der Waals surface area contributed by atoms with Crippen LogP contribution in [0.3, 0.4) is 0 Å². The summed E-state index contributed by atoms with van der Waals surface area (Å²) < 4.78 is 13.2. The van der Waals surface area contributed by atoms with Crippen molar-refractivity contribution in [1.82, 2.24) is 9.55 Å². The number of hydrogen-bond donors (Lipinski definition) is 1. The van der Waals surface area contributed by atoms with E-state index in [0.29, 0.717) is 42.6 Å². The van der Waals surface area contributed by atoms with Gasteiger partial charge in [0.25, 0.3) is 0 Å². The van der Waals surface area contributed by atoms with Crippen molar-refractivity contribution in [1.29, 1.82) is 0 Å². The first-order valence-corrected chi connectivity index (χ1v) is 10.6. The highest BCUT2D eigenvalue weighted by molar-refractivity contribution is 6.03. The Morgan fingerprint density at radius 1 is 1.12 bits per heavy atom. The maximum Gasteiger partial charge on any atom is 0.229 e. The van der Waals surface area contributed by atoms with Crippen molar-refractivity contribution in [3.63, 3.8) is 0 Å². The molecule has 164 valence electrons. The van der Waals surface area contributed by atoms with Crippen LogP contribution in [0.15, 0.2) is 54.9 Å². The zero-order valence-corrected chi connectivity index (χ0v) is 17.8. The molecule has 1 unspecified atom stereocenters. The van der Waals surface area contributed by atoms with Crippen LogP contribution in [0.1, 0.15) is 17.8 Å². The zero-order valence-electron chi connectivity index (χ0n) is 17.8. The summed E-state index contributed by atoms with van der Waals surface area (Å²) in [5.41, 5.74) is 2.55. The van der Waals surface area contributed by atoms with Gasteiger partial charge < -0.3 is 24.3 Å². The number of amides is 2. The highest BCUT2D eigenvalue weighted by atomic mass is 16.6. The van der Waals surface area contributed by atoms with E-state index in [1.807, 2.05) is 43.5 Å². The number of aromatic nitrogens is 2. The Hall–Kier alpha value is -3.81. The first kappa shape index (κ1) is 20.1. The molecule has 1 aromatic heterocycles. The van der Waals surface area contributed by atoms with Crippen molar-refractivity contribution in [3.05, 3.63) is 66.2 Å². The lowest BCUT2D eigenvalue weighted by atomic mass is 10.1. The fourth-order valence-corrected chi connectivity index (χ4v) is 4.04. The minimum absolute atomic E-state index is 0.0760. The molecule has 0 radical (unpaired) electrons. The number of carbonyl (C=O) groups excluding carboxylic acids is 2. The molecule has 0 aliphatic carbocycles. The molecule has 1 fully saturated rings. The van der Waals surface area contributed by atoms with E-state index in [9.17, 15) is 9.59 Å². The molecule has 0 spiro atoms. The average Bonchev–Trinajstić information content (AvgIpc) is 3.40. The van der Waals surface area contributed by atoms with Crippen LogP contribution >= 0.6 is 0 Å². The number of benzene rings is 2. The van der Waals surface area contributed by atoms with Crippen molar-refractivity contribution in [2.45, 2.75) is 19.9 Å². The first-order valence-electron chi connectivity index (χ1n) is 10.6. The fourth-order valence-electron chi connectivity index (χ4n) is 4.04. The standard InChI is InChI=1S/C24H24N4O4/c1-16-25-8-9-27(16)14-17-2-4-19(5-3-17)26-24(30)18-12-23(29)28(15-18)20-6-7-21-22(13-20)32-11-10-31-21/h2-9,13,18H,10-12,14-15H2,1H3,(H,26,30). The molecular weight excluding hydrogens is 408 g/mol. The molecule has 5 rings (SSSR count). The molecule has 2 aromatic carbocycles. The third-order valence-corrected chi connectivity index (χ3v) is 5.83. The summed E-state index contributed by atoms with van der Waals surface area (Å²) >= 11 is 0. The van der Waals surface area contributed by atoms with Gasteiger partial charge in [0.05, 0.1) is 5.92 Å². The average molecular weight is 432 g/mol. The lowest BCUT2D eigenvalue weighted by Gasteiger charge is -2.22. The second kappa shape index (κ2) is 8.37. The summed E-state index contributed by atoms with van der Waals surface area (Å²) in [6.45, 7) is 4.02. The fraction of sp³-hybridized carbons (Fsp3) is 0.292. The van der Waals surface area contributed by atoms with Crippen molar-refractivity contribution in [2.24, 2.45) is 5.92 Å². The lowest BCUT2D eigenvalue weighted by molar-refractivity contribution is -0.122. The van der Waals surface area contributed by atoms with Gasteiger partial charge in [0.2, 0.25) is 11.8 Å². The van der Waals surface area contributed by atoms with Gasteiger partial charge in [-0.2, -0.15) is 0 Å². The number of anilines is 2. The van der Waals surface area contributed by atoms with Crippen LogP contribution in [0.4, 0.5) is 11.4 Å². The van der Waals surface area contributed by atoms with Crippen molar-refractivity contribution < 1.29 is 19.1 Å².